The molecule has 1 amide bonds. The molecule has 0 spiro atoms. The molecule has 0 aliphatic rings. The van der Waals surface area contributed by atoms with E-state index in [-0.39, 0.29) is 11.7 Å². The zero-order valence-electron chi connectivity index (χ0n) is 15.0. The van der Waals surface area contributed by atoms with E-state index in [2.05, 4.69) is 10.4 Å². The van der Waals surface area contributed by atoms with Crippen molar-refractivity contribution in [1.29, 1.82) is 0 Å². The number of carbonyl (C=O) groups excluding carboxylic acids is 1. The minimum absolute atomic E-state index is 0.0259. The van der Waals surface area contributed by atoms with Gasteiger partial charge in [-0.15, -0.1) is 0 Å². The van der Waals surface area contributed by atoms with Crippen LogP contribution in [0.2, 0.25) is 0 Å². The summed E-state index contributed by atoms with van der Waals surface area (Å²) >= 11 is 0. The minimum atomic E-state index is -0.278. The van der Waals surface area contributed by atoms with E-state index in [0.29, 0.717) is 25.3 Å². The summed E-state index contributed by atoms with van der Waals surface area (Å²) in [5.41, 5.74) is 1.83. The molecule has 0 saturated carbocycles. The first-order valence-corrected chi connectivity index (χ1v) is 8.95. The number of nitrogens with one attached hydrogen (secondary N) is 1. The maximum atomic E-state index is 12.8. The molecule has 0 aliphatic carbocycles. The molecule has 5 nitrogen and oxygen atoms in total. The Morgan fingerprint density at radius 1 is 1.07 bits per heavy atom. The molecule has 140 valence electrons. The van der Waals surface area contributed by atoms with Crippen LogP contribution >= 0.6 is 0 Å². The topological polar surface area (TPSA) is 56.2 Å². The lowest BCUT2D eigenvalue weighted by Crippen LogP contribution is -2.26. The summed E-state index contributed by atoms with van der Waals surface area (Å²) in [7, 11) is 0. The number of amides is 1. The average Bonchev–Trinajstić information content (AvgIpc) is 3.15. The van der Waals surface area contributed by atoms with Gasteiger partial charge in [-0.2, -0.15) is 5.10 Å². The van der Waals surface area contributed by atoms with Crippen molar-refractivity contribution in [3.8, 4) is 11.4 Å². The number of hydrogen-bond acceptors (Lipinski definition) is 3. The fraction of sp³-hybridized carbons (Fsp3) is 0.238. The van der Waals surface area contributed by atoms with Crippen molar-refractivity contribution in [1.82, 2.24) is 15.1 Å². The number of halogens is 1. The van der Waals surface area contributed by atoms with Crippen LogP contribution in [-0.4, -0.2) is 28.8 Å². The van der Waals surface area contributed by atoms with Crippen LogP contribution in [0.3, 0.4) is 0 Å². The fourth-order valence-electron chi connectivity index (χ4n) is 2.60. The van der Waals surface area contributed by atoms with Crippen LogP contribution in [0.15, 0.2) is 67.0 Å². The molecular formula is C21H22FN3O2. The van der Waals surface area contributed by atoms with E-state index < -0.39 is 0 Å². The van der Waals surface area contributed by atoms with Crippen LogP contribution in [0.4, 0.5) is 4.39 Å². The second-order valence-electron chi connectivity index (χ2n) is 6.16. The first kappa shape index (κ1) is 18.6. The normalized spacial score (nSPS) is 10.6. The summed E-state index contributed by atoms with van der Waals surface area (Å²) in [5, 5.41) is 7.20. The maximum absolute atomic E-state index is 12.8. The van der Waals surface area contributed by atoms with Crippen LogP contribution in [-0.2, 0) is 11.2 Å². The third-order valence-corrected chi connectivity index (χ3v) is 4.00. The van der Waals surface area contributed by atoms with Gasteiger partial charge in [-0.05, 0) is 54.8 Å². The third-order valence-electron chi connectivity index (χ3n) is 4.00. The molecule has 1 aromatic heterocycles. The number of benzene rings is 2. The second-order valence-corrected chi connectivity index (χ2v) is 6.16. The van der Waals surface area contributed by atoms with Crippen molar-refractivity contribution in [3.63, 3.8) is 0 Å². The Morgan fingerprint density at radius 2 is 1.85 bits per heavy atom. The van der Waals surface area contributed by atoms with Crippen molar-refractivity contribution in [2.24, 2.45) is 0 Å². The lowest BCUT2D eigenvalue weighted by atomic mass is 10.2. The Kier molecular flexibility index (Phi) is 6.57. The van der Waals surface area contributed by atoms with E-state index in [1.54, 1.807) is 23.0 Å². The predicted octanol–water partition coefficient (Wildman–Crippen LogP) is 3.53. The molecule has 0 bridgehead atoms. The second kappa shape index (κ2) is 9.52. The third kappa shape index (κ3) is 5.95. The van der Waals surface area contributed by atoms with Gasteiger partial charge in [-0.3, -0.25) is 4.79 Å². The van der Waals surface area contributed by atoms with E-state index in [0.717, 1.165) is 24.1 Å². The van der Waals surface area contributed by atoms with E-state index in [1.807, 2.05) is 36.5 Å². The number of rotatable bonds is 9. The molecule has 3 rings (SSSR count). The van der Waals surface area contributed by atoms with Crippen LogP contribution in [0.1, 0.15) is 18.4 Å². The predicted molar refractivity (Wildman–Crippen MR) is 101 cm³/mol. The van der Waals surface area contributed by atoms with Gasteiger partial charge >= 0.3 is 0 Å². The van der Waals surface area contributed by atoms with Gasteiger partial charge < -0.3 is 10.1 Å². The molecule has 6 heteroatoms. The van der Waals surface area contributed by atoms with Gasteiger partial charge in [0.15, 0.2) is 0 Å². The van der Waals surface area contributed by atoms with Crippen molar-refractivity contribution in [2.45, 2.75) is 19.3 Å². The molecular weight excluding hydrogens is 345 g/mol. The zero-order chi connectivity index (χ0) is 18.9. The van der Waals surface area contributed by atoms with E-state index in [1.165, 1.54) is 12.1 Å². The van der Waals surface area contributed by atoms with Crippen LogP contribution in [0.5, 0.6) is 5.75 Å². The highest BCUT2D eigenvalue weighted by Crippen LogP contribution is 2.11. The summed E-state index contributed by atoms with van der Waals surface area (Å²) in [6.45, 7) is 1.13. The molecule has 0 fully saturated rings. The summed E-state index contributed by atoms with van der Waals surface area (Å²) in [4.78, 5) is 12.0. The molecule has 0 unspecified atom stereocenters. The number of ether oxygens (including phenoxy) is 1. The molecule has 3 aromatic rings. The quantitative estimate of drug-likeness (QED) is 0.589. The zero-order valence-corrected chi connectivity index (χ0v) is 15.0. The number of aromatic nitrogens is 2. The van der Waals surface area contributed by atoms with E-state index in [4.69, 9.17) is 4.74 Å². The monoisotopic (exact) mass is 367 g/mol. The number of carbonyl (C=O) groups is 1. The van der Waals surface area contributed by atoms with Crippen LogP contribution < -0.4 is 10.1 Å². The Bertz CT molecular complexity index is 847. The van der Waals surface area contributed by atoms with Gasteiger partial charge in [0.25, 0.3) is 0 Å². The Morgan fingerprint density at radius 3 is 2.63 bits per heavy atom. The molecule has 1 N–H and O–H groups in total. The highest BCUT2D eigenvalue weighted by atomic mass is 19.1. The maximum Gasteiger partial charge on any atom is 0.224 e. The van der Waals surface area contributed by atoms with Gasteiger partial charge in [-0.25, -0.2) is 9.07 Å². The van der Waals surface area contributed by atoms with Gasteiger partial charge in [0, 0.05) is 12.7 Å². The first-order chi connectivity index (χ1) is 13.2. The number of nitrogens with zero attached hydrogens (tertiary/aromatic N) is 2. The summed E-state index contributed by atoms with van der Waals surface area (Å²) in [6, 6.07) is 15.7. The summed E-state index contributed by atoms with van der Waals surface area (Å²) < 4.78 is 20.1. The number of hydrogen-bond donors (Lipinski definition) is 1. The SMILES string of the molecule is O=C(Cc1cnn(-c2ccccc2)c1)NCCCCOc1ccc(F)cc1. The molecule has 0 aliphatic heterocycles. The fourth-order valence-corrected chi connectivity index (χ4v) is 2.60. The molecule has 1 heterocycles. The average molecular weight is 367 g/mol. The van der Waals surface area contributed by atoms with Gasteiger partial charge in [-0.1, -0.05) is 18.2 Å². The largest absolute Gasteiger partial charge is 0.494 e. The van der Waals surface area contributed by atoms with E-state index in [9.17, 15) is 9.18 Å². The molecule has 0 atom stereocenters. The van der Waals surface area contributed by atoms with Crippen molar-refractivity contribution in [3.05, 3.63) is 78.4 Å². The van der Waals surface area contributed by atoms with Gasteiger partial charge in [0.05, 0.1) is 24.9 Å². The van der Waals surface area contributed by atoms with Crippen molar-refractivity contribution < 1.29 is 13.9 Å². The molecule has 2 aromatic carbocycles. The smallest absolute Gasteiger partial charge is 0.224 e. The van der Waals surface area contributed by atoms with Crippen molar-refractivity contribution >= 4 is 5.91 Å². The van der Waals surface area contributed by atoms with Crippen LogP contribution in [0, 0.1) is 5.82 Å². The molecule has 27 heavy (non-hydrogen) atoms. The van der Waals surface area contributed by atoms with Crippen molar-refractivity contribution in [2.75, 3.05) is 13.2 Å². The lowest BCUT2D eigenvalue weighted by molar-refractivity contribution is -0.120. The Balaban J connectivity index is 1.32. The molecule has 0 saturated heterocycles. The summed E-state index contributed by atoms with van der Waals surface area (Å²) in [6.07, 6.45) is 5.51. The minimum Gasteiger partial charge on any atom is -0.494 e. The van der Waals surface area contributed by atoms with Crippen LogP contribution in [0.25, 0.3) is 5.69 Å². The Labute approximate surface area is 157 Å². The highest BCUT2D eigenvalue weighted by Gasteiger charge is 2.06. The van der Waals surface area contributed by atoms with E-state index >= 15 is 0 Å². The Hall–Kier alpha value is -3.15. The van der Waals surface area contributed by atoms with Gasteiger partial charge in [0.2, 0.25) is 5.91 Å². The van der Waals surface area contributed by atoms with Gasteiger partial charge in [0.1, 0.15) is 11.6 Å². The standard InChI is InChI=1S/C21H22FN3O2/c22-18-8-10-20(11-9-18)27-13-5-4-12-23-21(26)14-17-15-24-25(16-17)19-6-2-1-3-7-19/h1-3,6-11,15-16H,4-5,12-14H2,(H,23,26). The lowest BCUT2D eigenvalue weighted by Gasteiger charge is -2.07. The highest BCUT2D eigenvalue weighted by molar-refractivity contribution is 5.78. The first-order valence-electron chi connectivity index (χ1n) is 8.95. The molecule has 0 radical (unpaired) electrons. The number of para-hydroxylation sites is 1. The summed E-state index contributed by atoms with van der Waals surface area (Å²) in [5.74, 6) is 0.345. The number of unbranched alkanes of at least 4 members (excludes halogenated alkanes) is 1.